The molecule has 16 heavy (non-hydrogen) atoms. The van der Waals surface area contributed by atoms with Gasteiger partial charge in [-0.1, -0.05) is 26.7 Å². The van der Waals surface area contributed by atoms with Crippen molar-refractivity contribution < 1.29 is 0 Å². The quantitative estimate of drug-likeness (QED) is 0.772. The van der Waals surface area contributed by atoms with Gasteiger partial charge < -0.3 is 10.2 Å². The van der Waals surface area contributed by atoms with Gasteiger partial charge in [0.25, 0.3) is 0 Å². The second-order valence-electron chi connectivity index (χ2n) is 6.16. The predicted octanol–water partition coefficient (Wildman–Crippen LogP) is 2.64. The van der Waals surface area contributed by atoms with E-state index in [1.165, 1.54) is 45.1 Å². The Morgan fingerprint density at radius 1 is 1.12 bits per heavy atom. The SMILES string of the molecule is CC(C)N[C@H]1CCCC[C@@H]1N(C)CC1CC1. The highest BCUT2D eigenvalue weighted by atomic mass is 15.2. The van der Waals surface area contributed by atoms with Gasteiger partial charge in [0.05, 0.1) is 0 Å². The van der Waals surface area contributed by atoms with Crippen molar-refractivity contribution >= 4 is 0 Å². The minimum Gasteiger partial charge on any atom is -0.310 e. The average molecular weight is 224 g/mol. The predicted molar refractivity (Wildman–Crippen MR) is 69.7 cm³/mol. The van der Waals surface area contributed by atoms with E-state index in [9.17, 15) is 0 Å². The fourth-order valence-corrected chi connectivity index (χ4v) is 3.10. The monoisotopic (exact) mass is 224 g/mol. The van der Waals surface area contributed by atoms with Gasteiger partial charge in [0.2, 0.25) is 0 Å². The largest absolute Gasteiger partial charge is 0.310 e. The molecule has 0 aliphatic heterocycles. The number of hydrogen-bond donors (Lipinski definition) is 1. The average Bonchev–Trinajstić information content (AvgIpc) is 3.01. The molecule has 0 aromatic rings. The summed E-state index contributed by atoms with van der Waals surface area (Å²) in [6.07, 6.45) is 8.55. The molecule has 94 valence electrons. The highest BCUT2D eigenvalue weighted by Crippen LogP contribution is 2.32. The van der Waals surface area contributed by atoms with E-state index < -0.39 is 0 Å². The Morgan fingerprint density at radius 3 is 2.44 bits per heavy atom. The van der Waals surface area contributed by atoms with Crippen molar-refractivity contribution in [2.24, 2.45) is 5.92 Å². The summed E-state index contributed by atoms with van der Waals surface area (Å²) in [6.45, 7) is 5.88. The number of nitrogens with one attached hydrogen (secondary N) is 1. The Labute approximate surface area is 101 Å². The van der Waals surface area contributed by atoms with Gasteiger partial charge in [0.15, 0.2) is 0 Å². The summed E-state index contributed by atoms with van der Waals surface area (Å²) in [7, 11) is 2.34. The highest BCUT2D eigenvalue weighted by molar-refractivity contribution is 4.90. The van der Waals surface area contributed by atoms with Crippen molar-refractivity contribution in [2.45, 2.75) is 70.5 Å². The van der Waals surface area contributed by atoms with Crippen LogP contribution in [-0.4, -0.2) is 36.6 Å². The molecule has 2 nitrogen and oxygen atoms in total. The van der Waals surface area contributed by atoms with E-state index in [-0.39, 0.29) is 0 Å². The van der Waals surface area contributed by atoms with Gasteiger partial charge in [-0.25, -0.2) is 0 Å². The molecule has 0 bridgehead atoms. The molecule has 2 aliphatic rings. The lowest BCUT2D eigenvalue weighted by Crippen LogP contribution is -2.52. The van der Waals surface area contributed by atoms with Crippen LogP contribution in [0.2, 0.25) is 0 Å². The Kier molecular flexibility index (Phi) is 4.26. The van der Waals surface area contributed by atoms with Gasteiger partial charge in [0, 0.05) is 24.7 Å². The van der Waals surface area contributed by atoms with Crippen LogP contribution in [0.15, 0.2) is 0 Å². The molecule has 0 heterocycles. The summed E-state index contributed by atoms with van der Waals surface area (Å²) in [6, 6.07) is 2.15. The number of nitrogens with zero attached hydrogens (tertiary/aromatic N) is 1. The molecule has 2 aliphatic carbocycles. The van der Waals surface area contributed by atoms with Crippen molar-refractivity contribution in [3.05, 3.63) is 0 Å². The fourth-order valence-electron chi connectivity index (χ4n) is 3.10. The zero-order valence-corrected chi connectivity index (χ0v) is 11.2. The van der Waals surface area contributed by atoms with Crippen molar-refractivity contribution in [1.82, 2.24) is 10.2 Å². The Morgan fingerprint density at radius 2 is 1.81 bits per heavy atom. The summed E-state index contributed by atoms with van der Waals surface area (Å²) in [5.74, 6) is 1.02. The topological polar surface area (TPSA) is 15.3 Å². The Bertz CT molecular complexity index is 211. The van der Waals surface area contributed by atoms with Gasteiger partial charge in [-0.15, -0.1) is 0 Å². The normalized spacial score (nSPS) is 31.3. The molecule has 2 heteroatoms. The summed E-state index contributed by atoms with van der Waals surface area (Å²) in [5.41, 5.74) is 0. The first-order chi connectivity index (χ1) is 7.66. The van der Waals surface area contributed by atoms with Crippen LogP contribution in [0.3, 0.4) is 0 Å². The van der Waals surface area contributed by atoms with Crippen molar-refractivity contribution in [3.8, 4) is 0 Å². The first-order valence-corrected chi connectivity index (χ1v) is 7.13. The minimum atomic E-state index is 0.625. The molecule has 2 rings (SSSR count). The molecule has 1 N–H and O–H groups in total. The maximum atomic E-state index is 3.76. The molecule has 2 atom stereocenters. The van der Waals surface area contributed by atoms with Crippen LogP contribution in [0, 0.1) is 5.92 Å². The van der Waals surface area contributed by atoms with Gasteiger partial charge >= 0.3 is 0 Å². The van der Waals surface area contributed by atoms with Crippen molar-refractivity contribution in [1.29, 1.82) is 0 Å². The third-order valence-electron chi connectivity index (χ3n) is 4.09. The molecular weight excluding hydrogens is 196 g/mol. The first-order valence-electron chi connectivity index (χ1n) is 7.13. The fraction of sp³-hybridized carbons (Fsp3) is 1.00. The maximum Gasteiger partial charge on any atom is 0.0246 e. The van der Waals surface area contributed by atoms with Gasteiger partial charge in [0.1, 0.15) is 0 Å². The number of hydrogen-bond acceptors (Lipinski definition) is 2. The second-order valence-corrected chi connectivity index (χ2v) is 6.16. The minimum absolute atomic E-state index is 0.625. The Balaban J connectivity index is 1.86. The lowest BCUT2D eigenvalue weighted by molar-refractivity contribution is 0.139. The molecule has 0 saturated heterocycles. The highest BCUT2D eigenvalue weighted by Gasteiger charge is 2.31. The van der Waals surface area contributed by atoms with Crippen LogP contribution >= 0.6 is 0 Å². The van der Waals surface area contributed by atoms with Crippen LogP contribution in [-0.2, 0) is 0 Å². The molecule has 2 saturated carbocycles. The lowest BCUT2D eigenvalue weighted by Gasteiger charge is -2.39. The van der Waals surface area contributed by atoms with Crippen LogP contribution in [0.5, 0.6) is 0 Å². The van der Waals surface area contributed by atoms with Crippen molar-refractivity contribution in [3.63, 3.8) is 0 Å². The van der Waals surface area contributed by atoms with Crippen LogP contribution in [0.4, 0.5) is 0 Å². The maximum absolute atomic E-state index is 3.76. The summed E-state index contributed by atoms with van der Waals surface area (Å²) in [4.78, 5) is 2.64. The Hall–Kier alpha value is -0.0800. The van der Waals surface area contributed by atoms with E-state index >= 15 is 0 Å². The van der Waals surface area contributed by atoms with Crippen LogP contribution < -0.4 is 5.32 Å². The summed E-state index contributed by atoms with van der Waals surface area (Å²) < 4.78 is 0. The van der Waals surface area contributed by atoms with Crippen LogP contribution in [0.1, 0.15) is 52.4 Å². The first kappa shape index (κ1) is 12.4. The summed E-state index contributed by atoms with van der Waals surface area (Å²) in [5, 5.41) is 3.76. The van der Waals surface area contributed by atoms with Gasteiger partial charge in [-0.3, -0.25) is 0 Å². The van der Waals surface area contributed by atoms with Crippen LogP contribution in [0.25, 0.3) is 0 Å². The zero-order chi connectivity index (χ0) is 11.5. The molecule has 0 aromatic heterocycles. The lowest BCUT2D eigenvalue weighted by atomic mass is 9.88. The van der Waals surface area contributed by atoms with E-state index in [1.807, 2.05) is 0 Å². The smallest absolute Gasteiger partial charge is 0.0246 e. The van der Waals surface area contributed by atoms with Gasteiger partial charge in [-0.05, 0) is 38.6 Å². The second kappa shape index (κ2) is 5.50. The molecular formula is C14H28N2. The number of rotatable bonds is 5. The molecule has 0 radical (unpaired) electrons. The third kappa shape index (κ3) is 3.46. The third-order valence-corrected chi connectivity index (χ3v) is 4.09. The van der Waals surface area contributed by atoms with Crippen molar-refractivity contribution in [2.75, 3.05) is 13.6 Å². The molecule has 0 aromatic carbocycles. The van der Waals surface area contributed by atoms with Gasteiger partial charge in [-0.2, -0.15) is 0 Å². The van der Waals surface area contributed by atoms with E-state index in [1.54, 1.807) is 0 Å². The summed E-state index contributed by atoms with van der Waals surface area (Å²) >= 11 is 0. The molecule has 0 amide bonds. The standard InChI is InChI=1S/C14H28N2/c1-11(2)15-13-6-4-5-7-14(13)16(3)10-12-8-9-12/h11-15H,4-10H2,1-3H3/t13-,14-/m0/s1. The van der Waals surface area contributed by atoms with E-state index in [4.69, 9.17) is 0 Å². The van der Waals surface area contributed by atoms with E-state index in [2.05, 4.69) is 31.1 Å². The number of likely N-dealkylation sites (N-methyl/N-ethyl adjacent to an activating group) is 1. The molecule has 0 spiro atoms. The van der Waals surface area contributed by atoms with E-state index in [0.29, 0.717) is 6.04 Å². The molecule has 0 unspecified atom stereocenters. The zero-order valence-electron chi connectivity index (χ0n) is 11.2. The molecule has 2 fully saturated rings. The van der Waals surface area contributed by atoms with E-state index in [0.717, 1.165) is 18.0 Å².